The molecule has 23 heavy (non-hydrogen) atoms. The van der Waals surface area contributed by atoms with Crippen LogP contribution in [0.4, 0.5) is 0 Å². The minimum atomic E-state index is -0.0782. The first-order valence-corrected chi connectivity index (χ1v) is 8.27. The lowest BCUT2D eigenvalue weighted by Crippen LogP contribution is -2.41. The van der Waals surface area contributed by atoms with E-state index in [1.165, 1.54) is 0 Å². The van der Waals surface area contributed by atoms with Crippen LogP contribution < -0.4 is 11.1 Å². The molecule has 1 saturated carbocycles. The quantitative estimate of drug-likeness (QED) is 0.805. The lowest BCUT2D eigenvalue weighted by atomic mass is 10.1. The zero-order chi connectivity index (χ0) is 17.0. The van der Waals surface area contributed by atoms with Gasteiger partial charge in [-0.15, -0.1) is 0 Å². The number of nitrogens with one attached hydrogen (secondary N) is 1. The van der Waals surface area contributed by atoms with Gasteiger partial charge in [-0.1, -0.05) is 26.0 Å². The molecule has 5 heteroatoms. The number of hydrogen-bond acceptors (Lipinski definition) is 3. The van der Waals surface area contributed by atoms with E-state index in [9.17, 15) is 9.59 Å². The third kappa shape index (κ3) is 4.79. The summed E-state index contributed by atoms with van der Waals surface area (Å²) in [5.74, 6) is 0.562. The molecule has 3 N–H and O–H groups in total. The van der Waals surface area contributed by atoms with Gasteiger partial charge in [0.2, 0.25) is 5.91 Å². The van der Waals surface area contributed by atoms with Crippen LogP contribution >= 0.6 is 0 Å². The Hall–Kier alpha value is -1.88. The van der Waals surface area contributed by atoms with Crippen LogP contribution in [0.25, 0.3) is 0 Å². The van der Waals surface area contributed by atoms with E-state index in [1.807, 2.05) is 26.0 Å². The van der Waals surface area contributed by atoms with Gasteiger partial charge in [0.25, 0.3) is 5.91 Å². The molecule has 1 aliphatic carbocycles. The van der Waals surface area contributed by atoms with Gasteiger partial charge in [-0.25, -0.2) is 0 Å². The van der Waals surface area contributed by atoms with Crippen molar-refractivity contribution in [3.05, 3.63) is 35.4 Å². The fraction of sp³-hybridized carbons (Fsp3) is 0.556. The standard InChI is InChI=1S/C18H27N3O2/c1-12(2)18(23)21(3)11-13-4-6-15(7-5-13)17(22)20-16(10-19)14-8-9-14/h4-7,12,14,16H,8-11,19H2,1-3H3,(H,20,22). The van der Waals surface area contributed by atoms with Crippen molar-refractivity contribution in [1.82, 2.24) is 10.2 Å². The van der Waals surface area contributed by atoms with Gasteiger partial charge < -0.3 is 16.0 Å². The van der Waals surface area contributed by atoms with Crippen molar-refractivity contribution >= 4 is 11.8 Å². The van der Waals surface area contributed by atoms with Crippen LogP contribution in [-0.2, 0) is 11.3 Å². The van der Waals surface area contributed by atoms with Gasteiger partial charge in [0.1, 0.15) is 0 Å². The maximum Gasteiger partial charge on any atom is 0.251 e. The maximum atomic E-state index is 12.2. The number of carbonyl (C=O) groups is 2. The Morgan fingerprint density at radius 1 is 1.26 bits per heavy atom. The molecule has 0 saturated heterocycles. The summed E-state index contributed by atoms with van der Waals surface area (Å²) in [6, 6.07) is 7.48. The van der Waals surface area contributed by atoms with E-state index >= 15 is 0 Å². The molecule has 1 aromatic carbocycles. The Kier molecular flexibility index (Phi) is 5.77. The van der Waals surface area contributed by atoms with Crippen molar-refractivity contribution < 1.29 is 9.59 Å². The third-order valence-electron chi connectivity index (χ3n) is 4.27. The summed E-state index contributed by atoms with van der Waals surface area (Å²) in [6.07, 6.45) is 2.30. The van der Waals surface area contributed by atoms with E-state index in [0.29, 0.717) is 24.6 Å². The smallest absolute Gasteiger partial charge is 0.251 e. The SMILES string of the molecule is CC(C)C(=O)N(C)Cc1ccc(C(=O)NC(CN)C2CC2)cc1. The van der Waals surface area contributed by atoms with Crippen molar-refractivity contribution in [2.45, 2.75) is 39.3 Å². The van der Waals surface area contributed by atoms with E-state index in [4.69, 9.17) is 5.73 Å². The minimum Gasteiger partial charge on any atom is -0.348 e. The van der Waals surface area contributed by atoms with Crippen LogP contribution in [0, 0.1) is 11.8 Å². The van der Waals surface area contributed by atoms with Gasteiger partial charge >= 0.3 is 0 Å². The lowest BCUT2D eigenvalue weighted by molar-refractivity contribution is -0.133. The minimum absolute atomic E-state index is 0.0133. The molecule has 1 atom stereocenters. The van der Waals surface area contributed by atoms with E-state index < -0.39 is 0 Å². The van der Waals surface area contributed by atoms with Crippen molar-refractivity contribution in [1.29, 1.82) is 0 Å². The molecule has 1 aliphatic rings. The molecule has 1 aromatic rings. The second-order valence-corrected chi connectivity index (χ2v) is 6.70. The first-order chi connectivity index (χ1) is 10.9. The van der Waals surface area contributed by atoms with Gasteiger partial charge in [0.15, 0.2) is 0 Å². The van der Waals surface area contributed by atoms with Crippen LogP contribution in [0.15, 0.2) is 24.3 Å². The summed E-state index contributed by atoms with van der Waals surface area (Å²) in [6.45, 7) is 4.81. The topological polar surface area (TPSA) is 75.4 Å². The number of hydrogen-bond donors (Lipinski definition) is 2. The number of nitrogens with two attached hydrogens (primary N) is 1. The average molecular weight is 317 g/mol. The Morgan fingerprint density at radius 3 is 2.35 bits per heavy atom. The highest BCUT2D eigenvalue weighted by Gasteiger charge is 2.31. The number of amides is 2. The summed E-state index contributed by atoms with van der Waals surface area (Å²) in [5.41, 5.74) is 7.36. The Morgan fingerprint density at radius 2 is 1.87 bits per heavy atom. The monoisotopic (exact) mass is 317 g/mol. The number of carbonyl (C=O) groups excluding carboxylic acids is 2. The summed E-state index contributed by atoms with van der Waals surface area (Å²) >= 11 is 0. The molecule has 2 rings (SSSR count). The first-order valence-electron chi connectivity index (χ1n) is 8.27. The normalized spacial score (nSPS) is 15.3. The molecular formula is C18H27N3O2. The Balaban J connectivity index is 1.93. The van der Waals surface area contributed by atoms with Crippen molar-refractivity contribution in [3.8, 4) is 0 Å². The Labute approximate surface area is 138 Å². The van der Waals surface area contributed by atoms with Crippen molar-refractivity contribution in [2.24, 2.45) is 17.6 Å². The van der Waals surface area contributed by atoms with E-state index in [2.05, 4.69) is 5.32 Å². The van der Waals surface area contributed by atoms with E-state index in [1.54, 1.807) is 24.1 Å². The van der Waals surface area contributed by atoms with E-state index in [0.717, 1.165) is 18.4 Å². The predicted molar refractivity (Wildman–Crippen MR) is 90.8 cm³/mol. The zero-order valence-electron chi connectivity index (χ0n) is 14.2. The molecular weight excluding hydrogens is 290 g/mol. The highest BCUT2D eigenvalue weighted by molar-refractivity contribution is 5.94. The van der Waals surface area contributed by atoms with Crippen molar-refractivity contribution in [3.63, 3.8) is 0 Å². The van der Waals surface area contributed by atoms with Gasteiger partial charge in [0, 0.05) is 37.7 Å². The summed E-state index contributed by atoms with van der Waals surface area (Å²) in [7, 11) is 1.80. The molecule has 2 amide bonds. The molecule has 5 nitrogen and oxygen atoms in total. The maximum absolute atomic E-state index is 12.2. The van der Waals surface area contributed by atoms with Crippen LogP contribution in [0.1, 0.15) is 42.6 Å². The van der Waals surface area contributed by atoms with Crippen molar-refractivity contribution in [2.75, 3.05) is 13.6 Å². The molecule has 0 radical (unpaired) electrons. The second-order valence-electron chi connectivity index (χ2n) is 6.70. The zero-order valence-corrected chi connectivity index (χ0v) is 14.2. The molecule has 1 fully saturated rings. The molecule has 0 bridgehead atoms. The summed E-state index contributed by atoms with van der Waals surface area (Å²) in [4.78, 5) is 25.8. The molecule has 0 aliphatic heterocycles. The average Bonchev–Trinajstić information content (AvgIpc) is 3.36. The van der Waals surface area contributed by atoms with Crippen LogP contribution in [0.3, 0.4) is 0 Å². The van der Waals surface area contributed by atoms with Crippen LogP contribution in [0.5, 0.6) is 0 Å². The summed E-state index contributed by atoms with van der Waals surface area (Å²) in [5, 5.41) is 3.01. The molecule has 0 aromatic heterocycles. The third-order valence-corrected chi connectivity index (χ3v) is 4.27. The first kappa shape index (κ1) is 17.5. The van der Waals surface area contributed by atoms with Crippen LogP contribution in [-0.4, -0.2) is 36.3 Å². The van der Waals surface area contributed by atoms with Crippen LogP contribution in [0.2, 0.25) is 0 Å². The van der Waals surface area contributed by atoms with Gasteiger partial charge in [-0.2, -0.15) is 0 Å². The van der Waals surface area contributed by atoms with Gasteiger partial charge in [-0.3, -0.25) is 9.59 Å². The number of rotatable bonds is 7. The number of nitrogens with zero attached hydrogens (tertiary/aromatic N) is 1. The van der Waals surface area contributed by atoms with E-state index in [-0.39, 0.29) is 23.8 Å². The fourth-order valence-corrected chi connectivity index (χ4v) is 2.67. The molecule has 1 unspecified atom stereocenters. The second kappa shape index (κ2) is 7.59. The highest BCUT2D eigenvalue weighted by atomic mass is 16.2. The molecule has 0 spiro atoms. The predicted octanol–water partition coefficient (Wildman–Crippen LogP) is 1.77. The highest BCUT2D eigenvalue weighted by Crippen LogP contribution is 2.32. The molecule has 126 valence electrons. The largest absolute Gasteiger partial charge is 0.348 e. The summed E-state index contributed by atoms with van der Waals surface area (Å²) < 4.78 is 0. The van der Waals surface area contributed by atoms with Gasteiger partial charge in [0.05, 0.1) is 0 Å². The Bertz CT molecular complexity index is 550. The number of benzene rings is 1. The fourth-order valence-electron chi connectivity index (χ4n) is 2.67. The molecule has 0 heterocycles. The lowest BCUT2D eigenvalue weighted by Gasteiger charge is -2.20. The van der Waals surface area contributed by atoms with Gasteiger partial charge in [-0.05, 0) is 36.5 Å².